The molecule has 1 fully saturated rings. The van der Waals surface area contributed by atoms with Crippen LogP contribution in [0, 0.1) is 6.92 Å². The molecule has 1 amide bonds. The summed E-state index contributed by atoms with van der Waals surface area (Å²) in [6.45, 7) is 6.31. The van der Waals surface area contributed by atoms with Crippen molar-refractivity contribution in [1.29, 1.82) is 0 Å². The van der Waals surface area contributed by atoms with Gasteiger partial charge in [-0.3, -0.25) is 9.69 Å². The molecule has 0 spiro atoms. The molecule has 0 unspecified atom stereocenters. The minimum Gasteiger partial charge on any atom is -0.454 e. The van der Waals surface area contributed by atoms with Crippen LogP contribution in [0.1, 0.15) is 11.3 Å². The predicted molar refractivity (Wildman–Crippen MR) is 119 cm³/mol. The number of nitrogens with zero attached hydrogens (tertiary/aromatic N) is 4. The zero-order valence-electron chi connectivity index (χ0n) is 17.4. The van der Waals surface area contributed by atoms with Crippen LogP contribution in [0.4, 0.5) is 0 Å². The maximum absolute atomic E-state index is 12.7. The number of benzene rings is 2. The van der Waals surface area contributed by atoms with Gasteiger partial charge in [0.05, 0.1) is 11.3 Å². The molecule has 0 radical (unpaired) electrons. The molecule has 3 aromatic rings. The number of carbonyl (C=O) groups excluding carboxylic acids is 1. The third kappa shape index (κ3) is 4.45. The highest BCUT2D eigenvalue weighted by Crippen LogP contribution is 2.32. The largest absolute Gasteiger partial charge is 0.454 e. The zero-order valence-corrected chi connectivity index (χ0v) is 18.2. The van der Waals surface area contributed by atoms with Crippen molar-refractivity contribution in [2.24, 2.45) is 0 Å². The quantitative estimate of drug-likeness (QED) is 0.450. The second-order valence-corrected chi connectivity index (χ2v) is 8.68. The summed E-state index contributed by atoms with van der Waals surface area (Å²) in [5, 5.41) is 1.71. The van der Waals surface area contributed by atoms with Crippen LogP contribution in [0.2, 0.25) is 0 Å². The molecule has 0 atom stereocenters. The summed E-state index contributed by atoms with van der Waals surface area (Å²) in [5.41, 5.74) is 3.06. The highest BCUT2D eigenvalue weighted by atomic mass is 32.2. The molecule has 2 aliphatic heterocycles. The number of aryl methyl sites for hydroxylation is 1. The number of fused-ring (bicyclic) bond motifs is 2. The summed E-state index contributed by atoms with van der Waals surface area (Å²) in [4.78, 5) is 26.2. The minimum atomic E-state index is 0.141. The van der Waals surface area contributed by atoms with E-state index in [4.69, 9.17) is 9.47 Å². The number of para-hydroxylation sites is 1. The summed E-state index contributed by atoms with van der Waals surface area (Å²) in [5.74, 6) is 2.12. The summed E-state index contributed by atoms with van der Waals surface area (Å²) in [6, 6.07) is 14.0. The van der Waals surface area contributed by atoms with Crippen molar-refractivity contribution in [3.63, 3.8) is 0 Å². The molecule has 1 aromatic heterocycles. The first-order valence-corrected chi connectivity index (χ1v) is 11.4. The van der Waals surface area contributed by atoms with Gasteiger partial charge in [0.25, 0.3) is 0 Å². The summed E-state index contributed by atoms with van der Waals surface area (Å²) >= 11 is 1.41. The van der Waals surface area contributed by atoms with E-state index in [1.807, 2.05) is 48.2 Å². The Labute approximate surface area is 185 Å². The Morgan fingerprint density at radius 3 is 2.71 bits per heavy atom. The number of amides is 1. The molecule has 2 aromatic carbocycles. The lowest BCUT2D eigenvalue weighted by Crippen LogP contribution is -2.48. The Bertz CT molecular complexity index is 1120. The Hall–Kier alpha value is -2.84. The van der Waals surface area contributed by atoms with E-state index >= 15 is 0 Å². The minimum absolute atomic E-state index is 0.141. The molecular formula is C23H24N4O3S. The second kappa shape index (κ2) is 8.72. The molecule has 1 saturated heterocycles. The predicted octanol–water partition coefficient (Wildman–Crippen LogP) is 3.10. The fourth-order valence-electron chi connectivity index (χ4n) is 3.94. The highest BCUT2D eigenvalue weighted by molar-refractivity contribution is 7.99. The van der Waals surface area contributed by atoms with Gasteiger partial charge < -0.3 is 14.4 Å². The average Bonchev–Trinajstić information content (AvgIpc) is 3.26. The van der Waals surface area contributed by atoms with E-state index in [9.17, 15) is 4.79 Å². The van der Waals surface area contributed by atoms with Crippen molar-refractivity contribution in [2.75, 3.05) is 38.7 Å². The first-order valence-electron chi connectivity index (χ1n) is 10.4. The number of hydrogen-bond donors (Lipinski definition) is 0. The monoisotopic (exact) mass is 436 g/mol. The Kier molecular flexibility index (Phi) is 5.65. The molecule has 0 saturated carbocycles. The lowest BCUT2D eigenvalue weighted by atomic mass is 10.1. The molecular weight excluding hydrogens is 412 g/mol. The summed E-state index contributed by atoms with van der Waals surface area (Å²) in [7, 11) is 0. The summed E-state index contributed by atoms with van der Waals surface area (Å²) < 4.78 is 10.8. The SMILES string of the molecule is Cc1nc(SCC(=O)N2CCN(Cc3ccc4c(c3)OCO4)CC2)nc2ccccc12. The van der Waals surface area contributed by atoms with Crippen molar-refractivity contribution in [3.05, 3.63) is 53.7 Å². The van der Waals surface area contributed by atoms with Crippen LogP contribution >= 0.6 is 11.8 Å². The molecule has 7 nitrogen and oxygen atoms in total. The maximum atomic E-state index is 12.7. The lowest BCUT2D eigenvalue weighted by Gasteiger charge is -2.34. The van der Waals surface area contributed by atoms with Gasteiger partial charge in [-0.15, -0.1) is 0 Å². The fourth-order valence-corrected chi connectivity index (χ4v) is 4.74. The highest BCUT2D eigenvalue weighted by Gasteiger charge is 2.22. The van der Waals surface area contributed by atoms with E-state index in [0.29, 0.717) is 17.7 Å². The van der Waals surface area contributed by atoms with Crippen LogP contribution in [0.5, 0.6) is 11.5 Å². The number of aromatic nitrogens is 2. The molecule has 0 bridgehead atoms. The van der Waals surface area contributed by atoms with Gasteiger partial charge in [-0.25, -0.2) is 9.97 Å². The third-order valence-electron chi connectivity index (χ3n) is 5.67. The number of ether oxygens (including phenoxy) is 2. The van der Waals surface area contributed by atoms with Crippen LogP contribution in [-0.2, 0) is 11.3 Å². The van der Waals surface area contributed by atoms with E-state index in [1.54, 1.807) is 0 Å². The van der Waals surface area contributed by atoms with Crippen molar-refractivity contribution in [2.45, 2.75) is 18.6 Å². The van der Waals surface area contributed by atoms with E-state index in [-0.39, 0.29) is 5.91 Å². The van der Waals surface area contributed by atoms with Gasteiger partial charge in [0.15, 0.2) is 16.7 Å². The Morgan fingerprint density at radius 1 is 1.03 bits per heavy atom. The third-order valence-corrected chi connectivity index (χ3v) is 6.50. The topological polar surface area (TPSA) is 67.8 Å². The lowest BCUT2D eigenvalue weighted by molar-refractivity contribution is -0.130. The number of thioether (sulfide) groups is 1. The molecule has 0 N–H and O–H groups in total. The molecule has 0 aliphatic carbocycles. The van der Waals surface area contributed by atoms with Crippen LogP contribution in [0.25, 0.3) is 10.9 Å². The molecule has 8 heteroatoms. The molecule has 5 rings (SSSR count). The number of carbonyl (C=O) groups is 1. The van der Waals surface area contributed by atoms with Gasteiger partial charge in [-0.05, 0) is 30.7 Å². The fraction of sp³-hybridized carbons (Fsp3) is 0.348. The number of hydrogen-bond acceptors (Lipinski definition) is 7. The van der Waals surface area contributed by atoms with E-state index in [2.05, 4.69) is 20.9 Å². The number of piperazine rings is 1. The van der Waals surface area contributed by atoms with Gasteiger partial charge in [-0.2, -0.15) is 0 Å². The molecule has 2 aliphatic rings. The number of rotatable bonds is 5. The van der Waals surface area contributed by atoms with Crippen molar-refractivity contribution >= 4 is 28.6 Å². The Balaban J connectivity index is 1.13. The van der Waals surface area contributed by atoms with Gasteiger partial charge in [0.2, 0.25) is 12.7 Å². The standard InChI is InChI=1S/C23H24N4O3S/c1-16-18-4-2-3-5-19(18)25-23(24-16)31-14-22(28)27-10-8-26(9-11-27)13-17-6-7-20-21(12-17)30-15-29-20/h2-7,12H,8-11,13-15H2,1H3. The second-order valence-electron chi connectivity index (χ2n) is 7.74. The maximum Gasteiger partial charge on any atom is 0.233 e. The van der Waals surface area contributed by atoms with E-state index in [1.165, 1.54) is 17.3 Å². The van der Waals surface area contributed by atoms with Crippen LogP contribution in [0.15, 0.2) is 47.6 Å². The van der Waals surface area contributed by atoms with E-state index < -0.39 is 0 Å². The van der Waals surface area contributed by atoms with Crippen LogP contribution in [0.3, 0.4) is 0 Å². The van der Waals surface area contributed by atoms with Crippen molar-refractivity contribution in [3.8, 4) is 11.5 Å². The van der Waals surface area contributed by atoms with Crippen LogP contribution < -0.4 is 9.47 Å². The van der Waals surface area contributed by atoms with Gasteiger partial charge in [-0.1, -0.05) is 36.0 Å². The molecule has 3 heterocycles. The van der Waals surface area contributed by atoms with Gasteiger partial charge >= 0.3 is 0 Å². The van der Waals surface area contributed by atoms with Crippen molar-refractivity contribution in [1.82, 2.24) is 19.8 Å². The summed E-state index contributed by atoms with van der Waals surface area (Å²) in [6.07, 6.45) is 0. The first-order chi connectivity index (χ1) is 15.2. The average molecular weight is 437 g/mol. The van der Waals surface area contributed by atoms with E-state index in [0.717, 1.165) is 60.8 Å². The Morgan fingerprint density at radius 2 is 1.84 bits per heavy atom. The molecule has 160 valence electrons. The van der Waals surface area contributed by atoms with Gasteiger partial charge in [0, 0.05) is 43.8 Å². The van der Waals surface area contributed by atoms with Crippen molar-refractivity contribution < 1.29 is 14.3 Å². The van der Waals surface area contributed by atoms with Crippen LogP contribution in [-0.4, -0.2) is 64.4 Å². The molecule has 31 heavy (non-hydrogen) atoms. The smallest absolute Gasteiger partial charge is 0.233 e. The normalized spacial score (nSPS) is 16.1. The van der Waals surface area contributed by atoms with Gasteiger partial charge in [0.1, 0.15) is 0 Å². The first kappa shape index (κ1) is 20.1. The zero-order chi connectivity index (χ0) is 21.2.